The molecule has 3 rings (SSSR count). The molecule has 1 amide bonds. The number of aromatic nitrogens is 2. The van der Waals surface area contributed by atoms with Gasteiger partial charge in [-0.1, -0.05) is 42.5 Å². The van der Waals surface area contributed by atoms with E-state index in [2.05, 4.69) is 5.32 Å². The zero-order chi connectivity index (χ0) is 24.8. The van der Waals surface area contributed by atoms with E-state index in [4.69, 9.17) is 5.73 Å². The minimum atomic E-state index is -0.747. The van der Waals surface area contributed by atoms with Crippen molar-refractivity contribution in [2.45, 2.75) is 11.4 Å². The number of nitrogens with zero attached hydrogens (tertiary/aromatic N) is 2. The summed E-state index contributed by atoms with van der Waals surface area (Å²) in [6, 6.07) is 16.6. The number of rotatable bonds is 9. The molecule has 10 heteroatoms. The number of nitrogen functional groups attached to an aromatic ring is 1. The first-order chi connectivity index (χ1) is 16.2. The smallest absolute Gasteiger partial charge is 0.332 e. The molecule has 0 bridgehead atoms. The molecule has 2 aromatic carbocycles. The summed E-state index contributed by atoms with van der Waals surface area (Å²) in [6.07, 6.45) is 1.92. The van der Waals surface area contributed by atoms with Gasteiger partial charge in [0.2, 0.25) is 5.78 Å². The Morgan fingerprint density at radius 2 is 1.68 bits per heavy atom. The number of nitrogens with one attached hydrogen (secondary N) is 2. The first kappa shape index (κ1) is 25.0. The molecular formula is C24H28N5O4S+. The quantitative estimate of drug-likeness (QED) is 0.297. The van der Waals surface area contributed by atoms with Crippen LogP contribution in [0.1, 0.15) is 15.9 Å². The molecule has 0 saturated heterocycles. The number of thioether (sulfide) groups is 1. The third kappa shape index (κ3) is 5.64. The van der Waals surface area contributed by atoms with Crippen molar-refractivity contribution in [3.8, 4) is 0 Å². The van der Waals surface area contributed by atoms with Crippen LogP contribution in [0.15, 0.2) is 69.1 Å². The molecule has 0 fully saturated rings. The Morgan fingerprint density at radius 1 is 1.03 bits per heavy atom. The molecule has 1 atom stereocenters. The molecule has 1 aromatic heterocycles. The molecule has 34 heavy (non-hydrogen) atoms. The Labute approximate surface area is 201 Å². The summed E-state index contributed by atoms with van der Waals surface area (Å²) in [5, 5.41) is 2.85. The number of likely N-dealkylation sites (N-methyl/N-ethyl adjacent to an activating group) is 1. The first-order valence-electron chi connectivity index (χ1n) is 10.6. The van der Waals surface area contributed by atoms with Crippen LogP contribution in [-0.2, 0) is 18.4 Å². The van der Waals surface area contributed by atoms with Gasteiger partial charge in [-0.15, -0.1) is 11.8 Å². The lowest BCUT2D eigenvalue weighted by atomic mass is 10.1. The van der Waals surface area contributed by atoms with Crippen LogP contribution in [0.2, 0.25) is 0 Å². The average molecular weight is 483 g/mol. The zero-order valence-electron chi connectivity index (χ0n) is 19.3. The van der Waals surface area contributed by atoms with Crippen LogP contribution in [0.3, 0.4) is 0 Å². The van der Waals surface area contributed by atoms with Gasteiger partial charge in [-0.05, 0) is 24.0 Å². The summed E-state index contributed by atoms with van der Waals surface area (Å²) in [5.74, 6) is -0.968. The number of carbonyl (C=O) groups excluding carboxylic acids is 2. The maximum atomic E-state index is 13.0. The Hall–Kier alpha value is -3.63. The summed E-state index contributed by atoms with van der Waals surface area (Å²) in [6.45, 7) is -0.00123. The maximum Gasteiger partial charge on any atom is 0.332 e. The summed E-state index contributed by atoms with van der Waals surface area (Å²) in [4.78, 5) is 52.4. The third-order valence-corrected chi connectivity index (χ3v) is 6.15. The normalized spacial score (nSPS) is 11.7. The van der Waals surface area contributed by atoms with E-state index >= 15 is 0 Å². The van der Waals surface area contributed by atoms with Crippen LogP contribution < -0.4 is 27.2 Å². The number of hydrogen-bond acceptors (Lipinski definition) is 6. The van der Waals surface area contributed by atoms with Crippen LogP contribution in [-0.4, -0.2) is 47.2 Å². The van der Waals surface area contributed by atoms with Gasteiger partial charge in [-0.3, -0.25) is 23.5 Å². The molecule has 0 aliphatic rings. The highest BCUT2D eigenvalue weighted by atomic mass is 32.2. The van der Waals surface area contributed by atoms with Gasteiger partial charge in [0.1, 0.15) is 17.9 Å². The van der Waals surface area contributed by atoms with E-state index in [1.54, 1.807) is 7.05 Å². The maximum absolute atomic E-state index is 13.0. The number of amides is 1. The molecule has 3 aromatic rings. The predicted molar refractivity (Wildman–Crippen MR) is 134 cm³/mol. The summed E-state index contributed by atoms with van der Waals surface area (Å²) in [7, 11) is 2.99. The minimum absolute atomic E-state index is 0.0122. The van der Waals surface area contributed by atoms with E-state index in [1.165, 1.54) is 23.4 Å². The molecule has 0 aliphatic carbocycles. The third-order valence-electron chi connectivity index (χ3n) is 5.35. The number of para-hydroxylation sites is 1. The van der Waals surface area contributed by atoms with Crippen LogP contribution in [0, 0.1) is 0 Å². The van der Waals surface area contributed by atoms with E-state index in [9.17, 15) is 19.2 Å². The van der Waals surface area contributed by atoms with Crippen LogP contribution in [0.4, 0.5) is 11.5 Å². The van der Waals surface area contributed by atoms with E-state index in [0.29, 0.717) is 10.6 Å². The summed E-state index contributed by atoms with van der Waals surface area (Å²) < 4.78 is 2.10. The lowest BCUT2D eigenvalue weighted by Crippen LogP contribution is -3.11. The number of quaternary nitrogens is 1. The van der Waals surface area contributed by atoms with Crippen LogP contribution in [0.25, 0.3) is 0 Å². The number of carbonyl (C=O) groups is 2. The minimum Gasteiger partial charge on any atom is -0.384 e. The average Bonchev–Trinajstić information content (AvgIpc) is 2.81. The van der Waals surface area contributed by atoms with Gasteiger partial charge < -0.3 is 16.0 Å². The van der Waals surface area contributed by atoms with Gasteiger partial charge in [0.25, 0.3) is 11.5 Å². The standard InChI is InChI=1S/C24H27N5O4S/c1-27(15-20(31)26-17-11-7-8-12-19(17)34-3)14-18(30)21-22(25)29(24(33)28(2)23(21)32)13-16-9-5-4-6-10-16/h4-12H,13-15,25H2,1-3H3,(H,26,31)/p+1. The highest BCUT2D eigenvalue weighted by Crippen LogP contribution is 2.24. The van der Waals surface area contributed by atoms with E-state index in [1.807, 2.05) is 60.9 Å². The van der Waals surface area contributed by atoms with Crippen molar-refractivity contribution in [1.29, 1.82) is 0 Å². The number of hydrogen-bond donors (Lipinski definition) is 3. The molecule has 0 aliphatic heterocycles. The number of Topliss-reactive ketones (excluding diaryl/α,β-unsaturated/α-hetero) is 1. The monoisotopic (exact) mass is 482 g/mol. The van der Waals surface area contributed by atoms with Gasteiger partial charge >= 0.3 is 5.69 Å². The van der Waals surface area contributed by atoms with Crippen LogP contribution >= 0.6 is 11.8 Å². The van der Waals surface area contributed by atoms with E-state index < -0.39 is 17.0 Å². The fourth-order valence-corrected chi connectivity index (χ4v) is 4.16. The second-order valence-electron chi connectivity index (χ2n) is 7.96. The number of anilines is 2. The lowest BCUT2D eigenvalue weighted by molar-refractivity contribution is -0.861. The molecule has 0 spiro atoms. The van der Waals surface area contributed by atoms with Gasteiger partial charge in [0.05, 0.1) is 19.3 Å². The molecule has 9 nitrogen and oxygen atoms in total. The fourth-order valence-electron chi connectivity index (χ4n) is 3.61. The van der Waals surface area contributed by atoms with E-state index in [0.717, 1.165) is 15.0 Å². The van der Waals surface area contributed by atoms with Crippen molar-refractivity contribution in [3.05, 3.63) is 86.6 Å². The van der Waals surface area contributed by atoms with Crippen molar-refractivity contribution >= 4 is 35.0 Å². The Bertz CT molecular complexity index is 1320. The van der Waals surface area contributed by atoms with Gasteiger partial charge in [0, 0.05) is 11.9 Å². The molecule has 0 radical (unpaired) electrons. The Balaban J connectivity index is 1.78. The molecule has 4 N–H and O–H groups in total. The topological polar surface area (TPSA) is 121 Å². The predicted octanol–water partition coefficient (Wildman–Crippen LogP) is 0.236. The Morgan fingerprint density at radius 3 is 2.35 bits per heavy atom. The van der Waals surface area contributed by atoms with Gasteiger partial charge in [-0.25, -0.2) is 4.79 Å². The van der Waals surface area contributed by atoms with Crippen LogP contribution in [0.5, 0.6) is 0 Å². The van der Waals surface area contributed by atoms with Crippen molar-refractivity contribution in [3.63, 3.8) is 0 Å². The van der Waals surface area contributed by atoms with Crippen molar-refractivity contribution in [2.24, 2.45) is 7.05 Å². The number of benzene rings is 2. The molecule has 178 valence electrons. The van der Waals surface area contributed by atoms with Crippen molar-refractivity contribution in [1.82, 2.24) is 9.13 Å². The highest BCUT2D eigenvalue weighted by Gasteiger charge is 2.25. The first-order valence-corrected chi connectivity index (χ1v) is 11.9. The molecule has 1 heterocycles. The summed E-state index contributed by atoms with van der Waals surface area (Å²) in [5.41, 5.74) is 6.06. The van der Waals surface area contributed by atoms with Gasteiger partial charge in [0.15, 0.2) is 6.54 Å². The summed E-state index contributed by atoms with van der Waals surface area (Å²) >= 11 is 1.52. The molecule has 1 unspecified atom stereocenters. The highest BCUT2D eigenvalue weighted by molar-refractivity contribution is 7.98. The lowest BCUT2D eigenvalue weighted by Gasteiger charge is -2.17. The Kier molecular flexibility index (Phi) is 8.08. The molecule has 0 saturated carbocycles. The van der Waals surface area contributed by atoms with Crippen molar-refractivity contribution in [2.75, 3.05) is 37.4 Å². The fraction of sp³-hybridized carbons (Fsp3) is 0.250. The zero-order valence-corrected chi connectivity index (χ0v) is 20.1. The second kappa shape index (κ2) is 11.0. The number of ketones is 1. The van der Waals surface area contributed by atoms with Crippen molar-refractivity contribution < 1.29 is 14.5 Å². The van der Waals surface area contributed by atoms with Gasteiger partial charge in [-0.2, -0.15) is 0 Å². The molecular weight excluding hydrogens is 454 g/mol. The second-order valence-corrected chi connectivity index (χ2v) is 8.81. The largest absolute Gasteiger partial charge is 0.384 e. The number of nitrogens with two attached hydrogens (primary N) is 1. The SMILES string of the molecule is CSc1ccccc1NC(=O)C[NH+](C)CC(=O)c1c(N)n(Cc2ccccc2)c(=O)n(C)c1=O. The van der Waals surface area contributed by atoms with E-state index in [-0.39, 0.29) is 36.9 Å².